The van der Waals surface area contributed by atoms with E-state index in [2.05, 4.69) is 6.92 Å². The highest BCUT2D eigenvalue weighted by Crippen LogP contribution is 2.29. The molecule has 0 saturated heterocycles. The lowest BCUT2D eigenvalue weighted by atomic mass is 10.2. The maximum absolute atomic E-state index is 6.04. The van der Waals surface area contributed by atoms with E-state index in [1.54, 1.807) is 17.8 Å². The summed E-state index contributed by atoms with van der Waals surface area (Å²) in [6.07, 6.45) is 0. The smallest absolute Gasteiger partial charge is 0.0632 e. The number of thioether (sulfide) groups is 1. The maximum atomic E-state index is 6.04. The molecule has 0 fully saturated rings. The van der Waals surface area contributed by atoms with Crippen LogP contribution >= 0.6 is 46.6 Å². The summed E-state index contributed by atoms with van der Waals surface area (Å²) in [5, 5.41) is 1.71. The highest BCUT2D eigenvalue weighted by Gasteiger charge is 2.06. The largest absolute Gasteiger partial charge is 0.153 e. The Balaban J connectivity index is 2.63. The molecule has 1 aromatic rings. The van der Waals surface area contributed by atoms with E-state index in [0.29, 0.717) is 21.2 Å². The first-order valence-corrected chi connectivity index (χ1v) is 6.59. The molecule has 4 heteroatoms. The van der Waals surface area contributed by atoms with Gasteiger partial charge in [-0.25, -0.2) is 0 Å². The van der Waals surface area contributed by atoms with Crippen LogP contribution in [-0.4, -0.2) is 11.1 Å². The van der Waals surface area contributed by atoms with Gasteiger partial charge in [0.25, 0.3) is 0 Å². The minimum Gasteiger partial charge on any atom is -0.153 e. The van der Waals surface area contributed by atoms with Gasteiger partial charge in [-0.2, -0.15) is 11.8 Å². The van der Waals surface area contributed by atoms with Gasteiger partial charge in [0.2, 0.25) is 0 Å². The molecule has 78 valence electrons. The lowest BCUT2D eigenvalue weighted by Crippen LogP contribution is -1.97. The zero-order valence-electron chi connectivity index (χ0n) is 7.77. The van der Waals surface area contributed by atoms with Crippen molar-refractivity contribution < 1.29 is 0 Å². The van der Waals surface area contributed by atoms with Crippen LogP contribution in [0.4, 0.5) is 0 Å². The van der Waals surface area contributed by atoms with Crippen LogP contribution in [0.15, 0.2) is 18.2 Å². The van der Waals surface area contributed by atoms with Crippen LogP contribution in [0.1, 0.15) is 12.5 Å². The summed E-state index contributed by atoms with van der Waals surface area (Å²) in [6, 6.07) is 5.70. The van der Waals surface area contributed by atoms with Gasteiger partial charge in [-0.05, 0) is 11.6 Å². The average molecular weight is 270 g/mol. The van der Waals surface area contributed by atoms with E-state index in [-0.39, 0.29) is 0 Å². The molecule has 1 rings (SSSR count). The van der Waals surface area contributed by atoms with Crippen molar-refractivity contribution in [1.82, 2.24) is 0 Å². The second-order valence-electron chi connectivity index (χ2n) is 2.99. The minimum absolute atomic E-state index is 0.437. The molecule has 0 amide bonds. The van der Waals surface area contributed by atoms with Crippen molar-refractivity contribution in [3.8, 4) is 0 Å². The first kappa shape index (κ1) is 12.5. The zero-order chi connectivity index (χ0) is 10.6. The van der Waals surface area contributed by atoms with Crippen LogP contribution in [0.2, 0.25) is 10.0 Å². The van der Waals surface area contributed by atoms with Crippen LogP contribution in [-0.2, 0) is 5.75 Å². The fraction of sp³-hybridized carbons (Fsp3) is 0.400. The Hall–Kier alpha value is 0.440. The number of halogens is 3. The summed E-state index contributed by atoms with van der Waals surface area (Å²) in [5.74, 6) is 1.51. The number of hydrogen-bond donors (Lipinski definition) is 0. The predicted octanol–water partition coefficient (Wildman–Crippen LogP) is 4.85. The van der Waals surface area contributed by atoms with Crippen molar-refractivity contribution in [3.05, 3.63) is 33.8 Å². The molecule has 0 aromatic heterocycles. The van der Waals surface area contributed by atoms with Gasteiger partial charge >= 0.3 is 0 Å². The molecule has 1 atom stereocenters. The Bertz CT molecular complexity index is 301. The van der Waals surface area contributed by atoms with Gasteiger partial charge in [0, 0.05) is 16.9 Å². The highest BCUT2D eigenvalue weighted by molar-refractivity contribution is 7.99. The SMILES string of the molecule is CC(CCl)SCc1cccc(Cl)c1Cl. The molecule has 0 spiro atoms. The summed E-state index contributed by atoms with van der Waals surface area (Å²) < 4.78 is 0. The Morgan fingerprint density at radius 2 is 2.07 bits per heavy atom. The summed E-state index contributed by atoms with van der Waals surface area (Å²) in [6.45, 7) is 2.09. The van der Waals surface area contributed by atoms with E-state index < -0.39 is 0 Å². The van der Waals surface area contributed by atoms with Gasteiger partial charge in [0.05, 0.1) is 10.0 Å². The molecule has 0 aliphatic rings. The number of alkyl halides is 1. The van der Waals surface area contributed by atoms with Crippen molar-refractivity contribution in [1.29, 1.82) is 0 Å². The standard InChI is InChI=1S/C10H11Cl3S/c1-7(5-11)14-6-8-3-2-4-9(12)10(8)13/h2-4,7H,5-6H2,1H3. The molecule has 0 radical (unpaired) electrons. The molecular formula is C10H11Cl3S. The molecule has 0 N–H and O–H groups in total. The van der Waals surface area contributed by atoms with Gasteiger partial charge in [-0.15, -0.1) is 11.6 Å². The maximum Gasteiger partial charge on any atom is 0.0632 e. The molecule has 0 heterocycles. The highest BCUT2D eigenvalue weighted by atomic mass is 35.5. The van der Waals surface area contributed by atoms with E-state index in [4.69, 9.17) is 34.8 Å². The van der Waals surface area contributed by atoms with Gasteiger partial charge in [0.1, 0.15) is 0 Å². The van der Waals surface area contributed by atoms with Crippen molar-refractivity contribution in [2.24, 2.45) is 0 Å². The van der Waals surface area contributed by atoms with Crippen LogP contribution < -0.4 is 0 Å². The lowest BCUT2D eigenvalue weighted by Gasteiger charge is -2.08. The molecule has 0 saturated carbocycles. The molecule has 0 bridgehead atoms. The third-order valence-corrected chi connectivity index (χ3v) is 4.49. The number of benzene rings is 1. The third kappa shape index (κ3) is 3.54. The Labute approximate surface area is 104 Å². The van der Waals surface area contributed by atoms with E-state index in [1.165, 1.54) is 0 Å². The van der Waals surface area contributed by atoms with Crippen LogP contribution in [0, 0.1) is 0 Å². The van der Waals surface area contributed by atoms with Crippen molar-refractivity contribution in [3.63, 3.8) is 0 Å². The van der Waals surface area contributed by atoms with Crippen molar-refractivity contribution >= 4 is 46.6 Å². The number of hydrogen-bond acceptors (Lipinski definition) is 1. The first-order chi connectivity index (χ1) is 6.65. The minimum atomic E-state index is 0.437. The van der Waals surface area contributed by atoms with E-state index in [1.807, 2.05) is 12.1 Å². The molecule has 1 aromatic carbocycles. The average Bonchev–Trinajstić information content (AvgIpc) is 2.20. The molecule has 14 heavy (non-hydrogen) atoms. The second-order valence-corrected chi connectivity index (χ2v) is 5.51. The Morgan fingerprint density at radius 1 is 1.36 bits per heavy atom. The molecule has 1 unspecified atom stereocenters. The topological polar surface area (TPSA) is 0 Å². The van der Waals surface area contributed by atoms with Gasteiger partial charge in [0.15, 0.2) is 0 Å². The van der Waals surface area contributed by atoms with Crippen LogP contribution in [0.5, 0.6) is 0 Å². The normalized spacial score (nSPS) is 12.9. The summed E-state index contributed by atoms with van der Waals surface area (Å²) >= 11 is 19.4. The second kappa shape index (κ2) is 6.12. The van der Waals surface area contributed by atoms with Crippen LogP contribution in [0.3, 0.4) is 0 Å². The van der Waals surface area contributed by atoms with Crippen molar-refractivity contribution in [2.45, 2.75) is 17.9 Å². The molecular weight excluding hydrogens is 259 g/mol. The van der Waals surface area contributed by atoms with Gasteiger partial charge in [-0.3, -0.25) is 0 Å². The summed E-state index contributed by atoms with van der Waals surface area (Å²) in [5.41, 5.74) is 1.07. The van der Waals surface area contributed by atoms with Gasteiger partial charge in [-0.1, -0.05) is 42.3 Å². The lowest BCUT2D eigenvalue weighted by molar-refractivity contribution is 1.12. The summed E-state index contributed by atoms with van der Waals surface area (Å²) in [7, 11) is 0. The monoisotopic (exact) mass is 268 g/mol. The van der Waals surface area contributed by atoms with E-state index in [9.17, 15) is 0 Å². The molecule has 0 aliphatic heterocycles. The summed E-state index contributed by atoms with van der Waals surface area (Å²) in [4.78, 5) is 0. The van der Waals surface area contributed by atoms with Crippen LogP contribution in [0.25, 0.3) is 0 Å². The van der Waals surface area contributed by atoms with Crippen molar-refractivity contribution in [2.75, 3.05) is 5.88 Å². The third-order valence-electron chi connectivity index (χ3n) is 1.77. The van der Waals surface area contributed by atoms with Gasteiger partial charge < -0.3 is 0 Å². The fourth-order valence-electron chi connectivity index (χ4n) is 0.937. The first-order valence-electron chi connectivity index (χ1n) is 4.25. The molecule has 0 aliphatic carbocycles. The fourth-order valence-corrected chi connectivity index (χ4v) is 2.46. The number of rotatable bonds is 4. The van der Waals surface area contributed by atoms with E-state index >= 15 is 0 Å². The Kier molecular flexibility index (Phi) is 5.47. The Morgan fingerprint density at radius 3 is 2.71 bits per heavy atom. The predicted molar refractivity (Wildman–Crippen MR) is 67.9 cm³/mol. The zero-order valence-corrected chi connectivity index (χ0v) is 10.9. The molecule has 0 nitrogen and oxygen atoms in total. The van der Waals surface area contributed by atoms with E-state index in [0.717, 1.165) is 11.3 Å². The quantitative estimate of drug-likeness (QED) is 0.704.